The predicted octanol–water partition coefficient (Wildman–Crippen LogP) is 5.07. The van der Waals surface area contributed by atoms with E-state index in [0.29, 0.717) is 12.1 Å². The molecule has 2 rings (SSSR count). The van der Waals surface area contributed by atoms with Crippen molar-refractivity contribution in [3.8, 4) is 5.75 Å². The molecule has 0 aliphatic heterocycles. The Morgan fingerprint density at radius 1 is 1.00 bits per heavy atom. The smallest absolute Gasteiger partial charge is 0.126 e. The summed E-state index contributed by atoms with van der Waals surface area (Å²) >= 11 is 0. The van der Waals surface area contributed by atoms with Crippen molar-refractivity contribution in [1.82, 2.24) is 0 Å². The maximum absolute atomic E-state index is 13.9. The molecule has 1 atom stereocenters. The van der Waals surface area contributed by atoms with E-state index >= 15 is 0 Å². The number of hydrogen-bond donors (Lipinski definition) is 1. The van der Waals surface area contributed by atoms with Crippen molar-refractivity contribution < 1.29 is 9.13 Å². The first-order chi connectivity index (χ1) is 11.7. The number of halogens is 1. The number of ether oxygens (including phenoxy) is 1. The molecule has 0 aliphatic carbocycles. The van der Waals surface area contributed by atoms with Gasteiger partial charge in [0.2, 0.25) is 0 Å². The molecule has 2 aromatic carbocycles. The van der Waals surface area contributed by atoms with E-state index < -0.39 is 0 Å². The highest BCUT2D eigenvalue weighted by molar-refractivity contribution is 5.30. The normalized spacial score (nSPS) is 12.1. The fourth-order valence-corrected chi connectivity index (χ4v) is 2.85. The second-order valence-corrected chi connectivity index (χ2v) is 6.21. The van der Waals surface area contributed by atoms with Gasteiger partial charge in [0.05, 0.1) is 6.61 Å². The minimum absolute atomic E-state index is 0.00740. The lowest BCUT2D eigenvalue weighted by atomic mass is 9.91. The van der Waals surface area contributed by atoms with Crippen LogP contribution in [0, 0.1) is 5.82 Å². The predicted molar refractivity (Wildman–Crippen MR) is 98.0 cm³/mol. The second-order valence-electron chi connectivity index (χ2n) is 6.21. The third-order valence-corrected chi connectivity index (χ3v) is 4.30. The maximum Gasteiger partial charge on any atom is 0.126 e. The molecule has 0 aromatic heterocycles. The molecular formula is C21H28FNO. The minimum atomic E-state index is -0.181. The summed E-state index contributed by atoms with van der Waals surface area (Å²) in [6.07, 6.45) is 5.54. The van der Waals surface area contributed by atoms with Crippen molar-refractivity contribution in [2.75, 3.05) is 13.2 Å². The molecular weight excluding hydrogens is 301 g/mol. The van der Waals surface area contributed by atoms with E-state index in [1.165, 1.54) is 25.3 Å². The van der Waals surface area contributed by atoms with E-state index in [0.717, 1.165) is 30.8 Å². The van der Waals surface area contributed by atoms with Gasteiger partial charge >= 0.3 is 0 Å². The van der Waals surface area contributed by atoms with Crippen molar-refractivity contribution in [2.45, 2.75) is 44.9 Å². The van der Waals surface area contributed by atoms with Crippen LogP contribution in [0.15, 0.2) is 48.5 Å². The minimum Gasteiger partial charge on any atom is -0.494 e. The third kappa shape index (κ3) is 5.64. The SMILES string of the molecule is CCCCCCOc1ccc(CC(CN)c2ccccc2F)cc1. The van der Waals surface area contributed by atoms with Crippen LogP contribution in [0.1, 0.15) is 49.7 Å². The van der Waals surface area contributed by atoms with Crippen LogP contribution in [0.3, 0.4) is 0 Å². The molecule has 2 aromatic rings. The molecule has 2 N–H and O–H groups in total. The van der Waals surface area contributed by atoms with E-state index in [1.807, 2.05) is 36.4 Å². The number of hydrogen-bond acceptors (Lipinski definition) is 2. The molecule has 0 bridgehead atoms. The Morgan fingerprint density at radius 2 is 1.75 bits per heavy atom. The summed E-state index contributed by atoms with van der Waals surface area (Å²) in [6.45, 7) is 3.39. The molecule has 0 aliphatic rings. The van der Waals surface area contributed by atoms with Gasteiger partial charge in [-0.15, -0.1) is 0 Å². The van der Waals surface area contributed by atoms with Gasteiger partial charge in [-0.2, -0.15) is 0 Å². The zero-order valence-electron chi connectivity index (χ0n) is 14.5. The monoisotopic (exact) mass is 329 g/mol. The lowest BCUT2D eigenvalue weighted by Crippen LogP contribution is -2.16. The van der Waals surface area contributed by atoms with Crippen LogP contribution in [0.5, 0.6) is 5.75 Å². The number of unbranched alkanes of at least 4 members (excludes halogenated alkanes) is 3. The van der Waals surface area contributed by atoms with E-state index in [9.17, 15) is 4.39 Å². The van der Waals surface area contributed by atoms with Crippen molar-refractivity contribution in [1.29, 1.82) is 0 Å². The van der Waals surface area contributed by atoms with Crippen molar-refractivity contribution in [2.24, 2.45) is 5.73 Å². The summed E-state index contributed by atoms with van der Waals surface area (Å²) < 4.78 is 19.7. The first kappa shape index (κ1) is 18.5. The van der Waals surface area contributed by atoms with E-state index in [1.54, 1.807) is 6.07 Å². The molecule has 3 heteroatoms. The molecule has 1 unspecified atom stereocenters. The molecule has 0 fully saturated rings. The molecule has 0 spiro atoms. The van der Waals surface area contributed by atoms with E-state index in [4.69, 9.17) is 10.5 Å². The van der Waals surface area contributed by atoms with Gasteiger partial charge in [-0.1, -0.05) is 56.5 Å². The number of nitrogens with two attached hydrogens (primary N) is 1. The third-order valence-electron chi connectivity index (χ3n) is 4.30. The summed E-state index contributed by atoms with van der Waals surface area (Å²) in [5.41, 5.74) is 7.70. The maximum atomic E-state index is 13.9. The molecule has 0 saturated heterocycles. The highest BCUT2D eigenvalue weighted by Gasteiger charge is 2.14. The lowest BCUT2D eigenvalue weighted by Gasteiger charge is -2.16. The fraction of sp³-hybridized carbons (Fsp3) is 0.429. The Bertz CT molecular complexity index is 597. The number of rotatable bonds is 10. The molecule has 0 radical (unpaired) electrons. The Morgan fingerprint density at radius 3 is 2.42 bits per heavy atom. The highest BCUT2D eigenvalue weighted by atomic mass is 19.1. The van der Waals surface area contributed by atoms with Crippen LogP contribution in [-0.4, -0.2) is 13.2 Å². The van der Waals surface area contributed by atoms with Crippen molar-refractivity contribution in [3.63, 3.8) is 0 Å². The molecule has 0 heterocycles. The van der Waals surface area contributed by atoms with Crippen LogP contribution < -0.4 is 10.5 Å². The van der Waals surface area contributed by atoms with Gasteiger partial charge in [0, 0.05) is 5.92 Å². The summed E-state index contributed by atoms with van der Waals surface area (Å²) in [4.78, 5) is 0. The average molecular weight is 329 g/mol. The Balaban J connectivity index is 1.89. The van der Waals surface area contributed by atoms with Gasteiger partial charge in [0.15, 0.2) is 0 Å². The Kier molecular flexibility index (Phi) is 7.76. The van der Waals surface area contributed by atoms with Crippen molar-refractivity contribution >= 4 is 0 Å². The molecule has 24 heavy (non-hydrogen) atoms. The Hall–Kier alpha value is -1.87. The second kappa shape index (κ2) is 10.1. The first-order valence-corrected chi connectivity index (χ1v) is 8.90. The average Bonchev–Trinajstić information content (AvgIpc) is 2.61. The molecule has 2 nitrogen and oxygen atoms in total. The molecule has 0 saturated carbocycles. The van der Waals surface area contributed by atoms with E-state index in [2.05, 4.69) is 6.92 Å². The topological polar surface area (TPSA) is 35.2 Å². The van der Waals surface area contributed by atoms with Gasteiger partial charge in [0.1, 0.15) is 11.6 Å². The summed E-state index contributed by atoms with van der Waals surface area (Å²) in [5.74, 6) is 0.706. The lowest BCUT2D eigenvalue weighted by molar-refractivity contribution is 0.305. The van der Waals surface area contributed by atoms with Gasteiger partial charge < -0.3 is 10.5 Å². The highest BCUT2D eigenvalue weighted by Crippen LogP contribution is 2.23. The summed E-state index contributed by atoms with van der Waals surface area (Å²) in [5, 5.41) is 0. The summed E-state index contributed by atoms with van der Waals surface area (Å²) in [7, 11) is 0. The largest absolute Gasteiger partial charge is 0.494 e. The van der Waals surface area contributed by atoms with Crippen LogP contribution >= 0.6 is 0 Å². The quantitative estimate of drug-likeness (QED) is 0.618. The first-order valence-electron chi connectivity index (χ1n) is 8.90. The Labute approximate surface area is 144 Å². The fourth-order valence-electron chi connectivity index (χ4n) is 2.85. The molecule has 130 valence electrons. The summed E-state index contributed by atoms with van der Waals surface area (Å²) in [6, 6.07) is 15.0. The molecule has 0 amide bonds. The van der Waals surface area contributed by atoms with Crippen molar-refractivity contribution in [3.05, 3.63) is 65.5 Å². The zero-order chi connectivity index (χ0) is 17.2. The van der Waals surface area contributed by atoms with E-state index in [-0.39, 0.29) is 11.7 Å². The van der Waals surface area contributed by atoms with Gasteiger partial charge in [-0.25, -0.2) is 4.39 Å². The zero-order valence-corrected chi connectivity index (χ0v) is 14.5. The van der Waals surface area contributed by atoms with Gasteiger partial charge in [-0.3, -0.25) is 0 Å². The standard InChI is InChI=1S/C21H28FNO/c1-2-3-4-7-14-24-19-12-10-17(11-13-19)15-18(16-23)20-8-5-6-9-21(20)22/h5-6,8-13,18H,2-4,7,14-16,23H2,1H3. The van der Waals surface area contributed by atoms with Gasteiger partial charge in [0.25, 0.3) is 0 Å². The van der Waals surface area contributed by atoms with Crippen LogP contribution in [0.4, 0.5) is 4.39 Å². The van der Waals surface area contributed by atoms with Gasteiger partial charge in [-0.05, 0) is 48.7 Å². The number of benzene rings is 2. The van der Waals surface area contributed by atoms with Crippen LogP contribution in [0.2, 0.25) is 0 Å². The van der Waals surface area contributed by atoms with Crippen LogP contribution in [0.25, 0.3) is 0 Å². The van der Waals surface area contributed by atoms with Crippen LogP contribution in [-0.2, 0) is 6.42 Å².